The van der Waals surface area contributed by atoms with Crippen molar-refractivity contribution in [2.24, 2.45) is 5.73 Å². The topological polar surface area (TPSA) is 58.8 Å². The normalized spacial score (nSPS) is 16.5. The van der Waals surface area contributed by atoms with E-state index in [0.717, 1.165) is 49.5 Å². The molecule has 1 saturated heterocycles. The summed E-state index contributed by atoms with van der Waals surface area (Å²) < 4.78 is 18.2. The van der Waals surface area contributed by atoms with Crippen LogP contribution in [0.25, 0.3) is 0 Å². The molecule has 0 bridgehead atoms. The predicted molar refractivity (Wildman–Crippen MR) is 108 cm³/mol. The lowest BCUT2D eigenvalue weighted by Crippen LogP contribution is -2.46. The van der Waals surface area contributed by atoms with Gasteiger partial charge in [-0.15, -0.1) is 0 Å². The first kappa shape index (κ1) is 20.3. The van der Waals surface area contributed by atoms with Crippen molar-refractivity contribution in [3.8, 4) is 5.75 Å². The summed E-state index contributed by atoms with van der Waals surface area (Å²) in [6.45, 7) is 3.85. The van der Waals surface area contributed by atoms with Gasteiger partial charge in [0.05, 0.1) is 13.2 Å². The van der Waals surface area contributed by atoms with Crippen molar-refractivity contribution < 1.29 is 13.9 Å². The number of carbonyl (C=O) groups excluding carboxylic acids is 1. The maximum absolute atomic E-state index is 13.1. The smallest absolute Gasteiger partial charge is 0.239 e. The molecule has 5 nitrogen and oxygen atoms in total. The summed E-state index contributed by atoms with van der Waals surface area (Å²) >= 11 is 0. The number of carbonyl (C=O) groups is 1. The van der Waals surface area contributed by atoms with Crippen LogP contribution < -0.4 is 10.5 Å². The van der Waals surface area contributed by atoms with Gasteiger partial charge in [0.2, 0.25) is 5.91 Å². The highest BCUT2D eigenvalue weighted by Gasteiger charge is 2.24. The van der Waals surface area contributed by atoms with Crippen LogP contribution in [0, 0.1) is 5.82 Å². The highest BCUT2D eigenvalue weighted by molar-refractivity contribution is 5.82. The van der Waals surface area contributed by atoms with E-state index in [1.165, 1.54) is 12.1 Å². The summed E-state index contributed by atoms with van der Waals surface area (Å²) in [7, 11) is 1.63. The van der Waals surface area contributed by atoms with Crippen molar-refractivity contribution in [2.75, 3.05) is 33.3 Å². The number of halogens is 1. The van der Waals surface area contributed by atoms with Crippen molar-refractivity contribution in [3.63, 3.8) is 0 Å². The van der Waals surface area contributed by atoms with E-state index in [0.29, 0.717) is 13.0 Å². The lowest BCUT2D eigenvalue weighted by atomic mass is 10.1. The van der Waals surface area contributed by atoms with Crippen LogP contribution in [-0.4, -0.2) is 55.0 Å². The molecule has 2 N–H and O–H groups in total. The second-order valence-corrected chi connectivity index (χ2v) is 7.24. The Hall–Kier alpha value is -2.44. The lowest BCUT2D eigenvalue weighted by Gasteiger charge is -2.25. The molecule has 1 atom stereocenters. The van der Waals surface area contributed by atoms with E-state index >= 15 is 0 Å². The van der Waals surface area contributed by atoms with Crippen LogP contribution in [0.2, 0.25) is 0 Å². The molecule has 6 heteroatoms. The van der Waals surface area contributed by atoms with Crippen molar-refractivity contribution >= 4 is 5.91 Å². The fraction of sp³-hybridized carbons (Fsp3) is 0.409. The molecule has 0 radical (unpaired) electrons. The fourth-order valence-electron chi connectivity index (χ4n) is 3.53. The molecule has 0 unspecified atom stereocenters. The van der Waals surface area contributed by atoms with Gasteiger partial charge < -0.3 is 15.4 Å². The fourth-order valence-corrected chi connectivity index (χ4v) is 3.53. The Morgan fingerprint density at radius 2 is 1.71 bits per heavy atom. The minimum Gasteiger partial charge on any atom is -0.497 e. The molecular weight excluding hydrogens is 357 g/mol. The standard InChI is InChI=1S/C22H28FN3O2/c1-28-20-9-5-17(6-10-20)15-21(24)22(27)26-12-2-11-25(13-14-26)16-18-3-7-19(23)8-4-18/h3-10,21H,2,11-16,24H2,1H3/t21-/m0/s1. The van der Waals surface area contributed by atoms with Crippen molar-refractivity contribution in [2.45, 2.75) is 25.4 Å². The molecule has 150 valence electrons. The maximum atomic E-state index is 13.1. The molecule has 1 fully saturated rings. The molecule has 0 aliphatic carbocycles. The van der Waals surface area contributed by atoms with Crippen molar-refractivity contribution in [1.29, 1.82) is 0 Å². The number of ether oxygens (including phenoxy) is 1. The zero-order chi connectivity index (χ0) is 19.9. The molecule has 1 amide bonds. The van der Waals surface area contributed by atoms with Crippen LogP contribution in [-0.2, 0) is 17.8 Å². The second kappa shape index (κ2) is 9.66. The average Bonchev–Trinajstić information content (AvgIpc) is 2.95. The number of nitrogens with two attached hydrogens (primary N) is 1. The second-order valence-electron chi connectivity index (χ2n) is 7.24. The van der Waals surface area contributed by atoms with E-state index in [1.807, 2.05) is 41.3 Å². The Balaban J connectivity index is 1.51. The number of rotatable bonds is 6. The third-order valence-electron chi connectivity index (χ3n) is 5.15. The summed E-state index contributed by atoms with van der Waals surface area (Å²) in [4.78, 5) is 17.0. The summed E-state index contributed by atoms with van der Waals surface area (Å²) in [6.07, 6.45) is 1.42. The van der Waals surface area contributed by atoms with Crippen molar-refractivity contribution in [3.05, 3.63) is 65.5 Å². The third-order valence-corrected chi connectivity index (χ3v) is 5.15. The molecule has 28 heavy (non-hydrogen) atoms. The van der Waals surface area contributed by atoms with E-state index < -0.39 is 6.04 Å². The molecular formula is C22H28FN3O2. The van der Waals surface area contributed by atoms with E-state index in [4.69, 9.17) is 10.5 Å². The lowest BCUT2D eigenvalue weighted by molar-refractivity contribution is -0.132. The van der Waals surface area contributed by atoms with E-state index in [9.17, 15) is 9.18 Å². The quantitative estimate of drug-likeness (QED) is 0.830. The Morgan fingerprint density at radius 3 is 2.39 bits per heavy atom. The number of methoxy groups -OCH3 is 1. The number of hydrogen-bond acceptors (Lipinski definition) is 4. The van der Waals surface area contributed by atoms with Gasteiger partial charge in [0.15, 0.2) is 0 Å². The number of hydrogen-bond donors (Lipinski definition) is 1. The molecule has 0 spiro atoms. The molecule has 2 aromatic carbocycles. The van der Waals surface area contributed by atoms with E-state index in [2.05, 4.69) is 4.90 Å². The molecule has 1 heterocycles. The van der Waals surface area contributed by atoms with Crippen LogP contribution in [0.3, 0.4) is 0 Å². The van der Waals surface area contributed by atoms with Gasteiger partial charge in [-0.05, 0) is 48.2 Å². The van der Waals surface area contributed by atoms with Gasteiger partial charge in [-0.25, -0.2) is 4.39 Å². The highest BCUT2D eigenvalue weighted by Crippen LogP contribution is 2.14. The predicted octanol–water partition coefficient (Wildman–Crippen LogP) is 2.44. The van der Waals surface area contributed by atoms with E-state index in [1.54, 1.807) is 7.11 Å². The number of nitrogens with zero attached hydrogens (tertiary/aromatic N) is 2. The monoisotopic (exact) mass is 385 g/mol. The van der Waals surface area contributed by atoms with Gasteiger partial charge in [-0.2, -0.15) is 0 Å². The van der Waals surface area contributed by atoms with Gasteiger partial charge in [0.25, 0.3) is 0 Å². The summed E-state index contributed by atoms with van der Waals surface area (Å²) in [5.41, 5.74) is 8.31. The molecule has 1 aliphatic rings. The maximum Gasteiger partial charge on any atom is 0.239 e. The minimum atomic E-state index is -0.544. The van der Waals surface area contributed by atoms with Crippen LogP contribution >= 0.6 is 0 Å². The molecule has 2 aromatic rings. The average molecular weight is 385 g/mol. The zero-order valence-corrected chi connectivity index (χ0v) is 16.3. The molecule has 0 aromatic heterocycles. The molecule has 0 saturated carbocycles. The summed E-state index contributed by atoms with van der Waals surface area (Å²) in [5.74, 6) is 0.569. The summed E-state index contributed by atoms with van der Waals surface area (Å²) in [5, 5.41) is 0. The van der Waals surface area contributed by atoms with Crippen LogP contribution in [0.15, 0.2) is 48.5 Å². The number of benzene rings is 2. The molecule has 3 rings (SSSR count). The van der Waals surface area contributed by atoms with E-state index in [-0.39, 0.29) is 11.7 Å². The first-order valence-electron chi connectivity index (χ1n) is 9.69. The van der Waals surface area contributed by atoms with Gasteiger partial charge in [0, 0.05) is 32.7 Å². The van der Waals surface area contributed by atoms with Gasteiger partial charge in [0.1, 0.15) is 11.6 Å². The van der Waals surface area contributed by atoms with Crippen LogP contribution in [0.4, 0.5) is 4.39 Å². The highest BCUT2D eigenvalue weighted by atomic mass is 19.1. The Morgan fingerprint density at radius 1 is 1.04 bits per heavy atom. The number of amides is 1. The minimum absolute atomic E-state index is 0.000509. The SMILES string of the molecule is COc1ccc(C[C@H](N)C(=O)N2CCCN(Cc3ccc(F)cc3)CC2)cc1. The van der Waals surface area contributed by atoms with Crippen LogP contribution in [0.5, 0.6) is 5.75 Å². The summed E-state index contributed by atoms with van der Waals surface area (Å²) in [6, 6.07) is 13.7. The van der Waals surface area contributed by atoms with Gasteiger partial charge >= 0.3 is 0 Å². The van der Waals surface area contributed by atoms with Gasteiger partial charge in [-0.3, -0.25) is 9.69 Å². The van der Waals surface area contributed by atoms with Crippen LogP contribution in [0.1, 0.15) is 17.5 Å². The first-order valence-corrected chi connectivity index (χ1v) is 9.69. The molecule has 1 aliphatic heterocycles. The zero-order valence-electron chi connectivity index (χ0n) is 16.3. The first-order chi connectivity index (χ1) is 13.5. The Bertz CT molecular complexity index is 764. The Labute approximate surface area is 165 Å². The Kier molecular flexibility index (Phi) is 7.01. The van der Waals surface area contributed by atoms with Gasteiger partial charge in [-0.1, -0.05) is 24.3 Å². The third kappa shape index (κ3) is 5.53. The van der Waals surface area contributed by atoms with Crippen molar-refractivity contribution in [1.82, 2.24) is 9.80 Å². The largest absolute Gasteiger partial charge is 0.497 e.